The number of nitrogens with one attached hydrogen (secondary N) is 1. The van der Waals surface area contributed by atoms with Crippen LogP contribution in [0.25, 0.3) is 6.08 Å². The third-order valence-electron chi connectivity index (χ3n) is 4.29. The van der Waals surface area contributed by atoms with E-state index in [1.165, 1.54) is 24.3 Å². The van der Waals surface area contributed by atoms with Crippen LogP contribution in [0.5, 0.6) is 0 Å². The van der Waals surface area contributed by atoms with E-state index in [1.807, 2.05) is 0 Å². The number of carbonyl (C=O) groups is 3. The predicted octanol–water partition coefficient (Wildman–Crippen LogP) is 3.19. The van der Waals surface area contributed by atoms with Gasteiger partial charge >= 0.3 is 6.03 Å². The van der Waals surface area contributed by atoms with Crippen LogP contribution in [-0.2, 0) is 9.59 Å². The van der Waals surface area contributed by atoms with Crippen molar-refractivity contribution in [3.63, 3.8) is 0 Å². The first-order valence-electron chi connectivity index (χ1n) is 8.42. The van der Waals surface area contributed by atoms with E-state index in [0.29, 0.717) is 12.2 Å². The molecular formula is C19H20N2O4. The fourth-order valence-corrected chi connectivity index (χ4v) is 2.93. The summed E-state index contributed by atoms with van der Waals surface area (Å²) in [6.07, 6.45) is 13.4. The van der Waals surface area contributed by atoms with Gasteiger partial charge in [-0.15, -0.1) is 0 Å². The topological polar surface area (TPSA) is 79.6 Å². The molecular weight excluding hydrogens is 320 g/mol. The van der Waals surface area contributed by atoms with Crippen molar-refractivity contribution >= 4 is 23.9 Å². The van der Waals surface area contributed by atoms with Crippen molar-refractivity contribution < 1.29 is 18.8 Å². The minimum atomic E-state index is -0.674. The molecule has 1 aliphatic carbocycles. The number of amides is 4. The highest BCUT2D eigenvalue weighted by atomic mass is 16.3. The van der Waals surface area contributed by atoms with Crippen molar-refractivity contribution in [3.8, 4) is 0 Å². The molecule has 2 aliphatic rings. The predicted molar refractivity (Wildman–Crippen MR) is 92.2 cm³/mol. The number of rotatable bonds is 5. The average Bonchev–Trinajstić information content (AvgIpc) is 3.12. The van der Waals surface area contributed by atoms with E-state index >= 15 is 0 Å². The Bertz CT molecular complexity index is 756. The van der Waals surface area contributed by atoms with Crippen molar-refractivity contribution in [2.45, 2.75) is 32.1 Å². The van der Waals surface area contributed by atoms with Gasteiger partial charge in [-0.3, -0.25) is 19.8 Å². The molecule has 1 aromatic heterocycles. The van der Waals surface area contributed by atoms with Gasteiger partial charge in [0.05, 0.1) is 6.26 Å². The molecule has 0 unspecified atom stereocenters. The Hall–Kier alpha value is -2.89. The van der Waals surface area contributed by atoms with Crippen molar-refractivity contribution in [1.82, 2.24) is 10.2 Å². The number of furan rings is 1. The normalized spacial score (nSPS) is 20.3. The van der Waals surface area contributed by atoms with E-state index in [-0.39, 0.29) is 12.1 Å². The molecule has 0 radical (unpaired) electrons. The lowest BCUT2D eigenvalue weighted by molar-refractivity contribution is -0.130. The average molecular weight is 340 g/mol. The zero-order chi connectivity index (χ0) is 17.6. The Morgan fingerprint density at radius 1 is 1.24 bits per heavy atom. The summed E-state index contributed by atoms with van der Waals surface area (Å²) in [5, 5.41) is 2.22. The third kappa shape index (κ3) is 4.15. The van der Waals surface area contributed by atoms with Crippen LogP contribution in [-0.4, -0.2) is 29.3 Å². The zero-order valence-electron chi connectivity index (χ0n) is 13.9. The van der Waals surface area contributed by atoms with Crippen LogP contribution >= 0.6 is 0 Å². The molecule has 25 heavy (non-hydrogen) atoms. The monoisotopic (exact) mass is 340 g/mol. The Balaban J connectivity index is 1.69. The first-order chi connectivity index (χ1) is 12.1. The van der Waals surface area contributed by atoms with Gasteiger partial charge in [0.1, 0.15) is 11.3 Å². The maximum atomic E-state index is 12.5. The van der Waals surface area contributed by atoms with Crippen LogP contribution in [0.4, 0.5) is 4.79 Å². The number of imide groups is 2. The van der Waals surface area contributed by atoms with Crippen LogP contribution in [0.2, 0.25) is 0 Å². The second-order valence-electron chi connectivity index (χ2n) is 6.03. The van der Waals surface area contributed by atoms with E-state index in [1.54, 1.807) is 24.3 Å². The number of urea groups is 1. The summed E-state index contributed by atoms with van der Waals surface area (Å²) in [5.41, 5.74) is 1.21. The highest BCUT2D eigenvalue weighted by Crippen LogP contribution is 2.21. The summed E-state index contributed by atoms with van der Waals surface area (Å²) >= 11 is 0. The maximum Gasteiger partial charge on any atom is 0.331 e. The summed E-state index contributed by atoms with van der Waals surface area (Å²) < 4.78 is 5.15. The molecule has 1 N–H and O–H groups in total. The highest BCUT2D eigenvalue weighted by Gasteiger charge is 2.35. The summed E-state index contributed by atoms with van der Waals surface area (Å²) in [7, 11) is 0. The Morgan fingerprint density at radius 2 is 2.12 bits per heavy atom. The Kier molecular flexibility index (Phi) is 5.28. The van der Waals surface area contributed by atoms with E-state index in [2.05, 4.69) is 11.4 Å². The van der Waals surface area contributed by atoms with Gasteiger partial charge in [0.25, 0.3) is 11.8 Å². The Morgan fingerprint density at radius 3 is 2.84 bits per heavy atom. The fourth-order valence-electron chi connectivity index (χ4n) is 2.93. The van der Waals surface area contributed by atoms with E-state index in [9.17, 15) is 14.4 Å². The van der Waals surface area contributed by atoms with Gasteiger partial charge in [-0.1, -0.05) is 17.7 Å². The van der Waals surface area contributed by atoms with Crippen molar-refractivity contribution in [3.05, 3.63) is 53.5 Å². The minimum absolute atomic E-state index is 0.0555. The molecule has 0 spiro atoms. The molecule has 4 amide bonds. The largest absolute Gasteiger partial charge is 0.465 e. The molecule has 130 valence electrons. The van der Waals surface area contributed by atoms with Gasteiger partial charge in [0.2, 0.25) is 0 Å². The first kappa shape index (κ1) is 17.0. The molecule has 0 saturated carbocycles. The quantitative estimate of drug-likeness (QED) is 0.507. The maximum absolute atomic E-state index is 12.5. The van der Waals surface area contributed by atoms with E-state index < -0.39 is 17.8 Å². The number of allylic oxidation sites excluding steroid dienone is 3. The standard InChI is InChI=1S/C19H20N2O4/c22-17-16(10-4-8-15-9-5-13-25-15)18(23)21(19(24)20-17)12-11-14-6-2-1-3-7-14/h4-6,8-10,13H,1-3,7,11-12H2,(H,20,22,24)/b8-4+,16-10-. The van der Waals surface area contributed by atoms with Crippen LogP contribution in [0.1, 0.15) is 37.9 Å². The number of hydrogen-bond donors (Lipinski definition) is 1. The molecule has 6 nitrogen and oxygen atoms in total. The van der Waals surface area contributed by atoms with Gasteiger partial charge in [0.15, 0.2) is 0 Å². The van der Waals surface area contributed by atoms with Crippen LogP contribution in [0.3, 0.4) is 0 Å². The lowest BCUT2D eigenvalue weighted by atomic mass is 9.97. The molecule has 2 heterocycles. The van der Waals surface area contributed by atoms with Crippen molar-refractivity contribution in [1.29, 1.82) is 0 Å². The third-order valence-corrected chi connectivity index (χ3v) is 4.29. The highest BCUT2D eigenvalue weighted by molar-refractivity contribution is 6.28. The summed E-state index contributed by atoms with van der Waals surface area (Å²) in [6.45, 7) is 0.281. The van der Waals surface area contributed by atoms with Crippen molar-refractivity contribution in [2.24, 2.45) is 0 Å². The number of hydrogen-bond acceptors (Lipinski definition) is 4. The lowest BCUT2D eigenvalue weighted by Crippen LogP contribution is -2.54. The summed E-state index contributed by atoms with van der Waals surface area (Å²) in [5.74, 6) is -0.626. The molecule has 1 aromatic rings. The minimum Gasteiger partial charge on any atom is -0.465 e. The van der Waals surface area contributed by atoms with Crippen molar-refractivity contribution in [2.75, 3.05) is 6.54 Å². The second-order valence-corrected chi connectivity index (χ2v) is 6.03. The van der Waals surface area contributed by atoms with Gasteiger partial charge in [0, 0.05) is 6.54 Å². The van der Waals surface area contributed by atoms with Crippen LogP contribution in [0.15, 0.2) is 52.2 Å². The lowest BCUT2D eigenvalue weighted by Gasteiger charge is -2.27. The first-order valence-corrected chi connectivity index (χ1v) is 8.42. The van der Waals surface area contributed by atoms with Crippen LogP contribution < -0.4 is 5.32 Å². The summed E-state index contributed by atoms with van der Waals surface area (Å²) in [4.78, 5) is 37.5. The fraction of sp³-hybridized carbons (Fsp3) is 0.316. The van der Waals surface area contributed by atoms with Gasteiger partial charge in [-0.05, 0) is 56.4 Å². The molecule has 0 bridgehead atoms. The summed E-state index contributed by atoms with van der Waals surface area (Å²) in [6, 6.07) is 2.84. The van der Waals surface area contributed by atoms with Gasteiger partial charge in [-0.25, -0.2) is 4.79 Å². The van der Waals surface area contributed by atoms with Gasteiger partial charge in [-0.2, -0.15) is 0 Å². The second kappa shape index (κ2) is 7.79. The number of carbonyl (C=O) groups excluding carboxylic acids is 3. The molecule has 0 aromatic carbocycles. The zero-order valence-corrected chi connectivity index (χ0v) is 13.9. The molecule has 0 atom stereocenters. The smallest absolute Gasteiger partial charge is 0.331 e. The molecule has 3 rings (SSSR count). The van der Waals surface area contributed by atoms with Crippen LogP contribution in [0, 0.1) is 0 Å². The number of nitrogens with zero attached hydrogens (tertiary/aromatic N) is 1. The molecule has 1 saturated heterocycles. The SMILES string of the molecule is O=C1NC(=O)N(CCC2=CCCCC2)C(=O)/C1=C\C=C\c1ccco1. The Labute approximate surface area is 145 Å². The molecule has 6 heteroatoms. The van der Waals surface area contributed by atoms with E-state index in [0.717, 1.165) is 24.2 Å². The van der Waals surface area contributed by atoms with Gasteiger partial charge < -0.3 is 4.42 Å². The number of barbiturate groups is 1. The molecule has 1 aliphatic heterocycles. The molecule has 1 fully saturated rings. The van der Waals surface area contributed by atoms with E-state index in [4.69, 9.17) is 4.42 Å².